The van der Waals surface area contributed by atoms with E-state index in [1.165, 1.54) is 12.3 Å². The number of nitrogens with zero attached hydrogens (tertiary/aromatic N) is 3. The van der Waals surface area contributed by atoms with E-state index in [9.17, 15) is 18.0 Å². The van der Waals surface area contributed by atoms with Crippen LogP contribution in [0.3, 0.4) is 0 Å². The quantitative estimate of drug-likeness (QED) is 0.587. The van der Waals surface area contributed by atoms with E-state index in [0.717, 1.165) is 23.1 Å². The first kappa shape index (κ1) is 21.0. The number of hydrogen-bond donors (Lipinski definition) is 0. The van der Waals surface area contributed by atoms with Gasteiger partial charge in [-0.1, -0.05) is 24.3 Å². The number of pyridine rings is 2. The van der Waals surface area contributed by atoms with E-state index in [1.54, 1.807) is 24.4 Å². The topological polar surface area (TPSA) is 55.3 Å². The molecule has 2 aromatic heterocycles. The summed E-state index contributed by atoms with van der Waals surface area (Å²) in [5, 5.41) is 0. The Morgan fingerprint density at radius 2 is 1.84 bits per heavy atom. The Balaban J connectivity index is 1.38. The lowest BCUT2D eigenvalue weighted by atomic mass is 10.0. The van der Waals surface area contributed by atoms with E-state index < -0.39 is 13.0 Å². The molecule has 0 bridgehead atoms. The Bertz CT molecular complexity index is 1020. The molecule has 4 rings (SSSR count). The molecule has 1 amide bonds. The van der Waals surface area contributed by atoms with E-state index in [0.29, 0.717) is 24.6 Å². The molecule has 1 saturated heterocycles. The smallest absolute Gasteiger partial charge is 0.338 e. The first-order chi connectivity index (χ1) is 14.9. The summed E-state index contributed by atoms with van der Waals surface area (Å²) in [5.74, 6) is 0.276. The zero-order valence-electron chi connectivity index (χ0n) is 16.5. The number of likely N-dealkylation sites (tertiary alicyclic amines) is 1. The predicted octanol–water partition coefficient (Wildman–Crippen LogP) is 4.81. The van der Waals surface area contributed by atoms with Gasteiger partial charge in [0.1, 0.15) is 0 Å². The molecule has 1 fully saturated rings. The number of halogens is 3. The van der Waals surface area contributed by atoms with Crippen LogP contribution in [0, 0.1) is 0 Å². The summed E-state index contributed by atoms with van der Waals surface area (Å²) in [4.78, 5) is 22.9. The SMILES string of the molecule is O=C(c1ccc(-c2ccc(COC(F)(F)F)nc2)cc1)N1CCC(c2cccnc2)C1. The van der Waals surface area contributed by atoms with Gasteiger partial charge in [-0.2, -0.15) is 0 Å². The van der Waals surface area contributed by atoms with Gasteiger partial charge in [-0.3, -0.25) is 19.5 Å². The maximum absolute atomic E-state index is 12.9. The highest BCUT2D eigenvalue weighted by Crippen LogP contribution is 2.28. The molecule has 1 aliphatic heterocycles. The highest BCUT2D eigenvalue weighted by atomic mass is 19.4. The number of hydrogen-bond acceptors (Lipinski definition) is 4. The van der Waals surface area contributed by atoms with Crippen LogP contribution in [0.1, 0.15) is 34.0 Å². The zero-order chi connectivity index (χ0) is 21.8. The number of carbonyl (C=O) groups is 1. The van der Waals surface area contributed by atoms with Crippen molar-refractivity contribution in [2.24, 2.45) is 0 Å². The molecule has 1 unspecified atom stereocenters. The predicted molar refractivity (Wildman–Crippen MR) is 108 cm³/mol. The first-order valence-electron chi connectivity index (χ1n) is 9.84. The van der Waals surface area contributed by atoms with Crippen LogP contribution >= 0.6 is 0 Å². The molecule has 1 atom stereocenters. The number of benzene rings is 1. The fourth-order valence-electron chi connectivity index (χ4n) is 3.66. The van der Waals surface area contributed by atoms with Gasteiger partial charge in [0, 0.05) is 48.7 Å². The van der Waals surface area contributed by atoms with Gasteiger partial charge in [0.15, 0.2) is 0 Å². The molecule has 0 radical (unpaired) electrons. The molecule has 8 heteroatoms. The monoisotopic (exact) mass is 427 g/mol. The highest BCUT2D eigenvalue weighted by molar-refractivity contribution is 5.95. The molecular formula is C23H20F3N3O2. The van der Waals surface area contributed by atoms with Crippen LogP contribution in [-0.4, -0.2) is 40.2 Å². The van der Waals surface area contributed by atoms with Gasteiger partial charge >= 0.3 is 6.36 Å². The number of aromatic nitrogens is 2. The van der Waals surface area contributed by atoms with Crippen molar-refractivity contribution in [1.29, 1.82) is 0 Å². The van der Waals surface area contributed by atoms with E-state index >= 15 is 0 Å². The van der Waals surface area contributed by atoms with E-state index in [1.807, 2.05) is 35.4 Å². The Kier molecular flexibility index (Phi) is 5.99. The van der Waals surface area contributed by atoms with Crippen LogP contribution in [0.5, 0.6) is 0 Å². The second-order valence-electron chi connectivity index (χ2n) is 7.37. The van der Waals surface area contributed by atoms with Crippen LogP contribution in [0.2, 0.25) is 0 Å². The minimum absolute atomic E-state index is 0.0179. The summed E-state index contributed by atoms with van der Waals surface area (Å²) in [6.45, 7) is 0.732. The van der Waals surface area contributed by atoms with Gasteiger partial charge in [-0.25, -0.2) is 0 Å². The van der Waals surface area contributed by atoms with Crippen LogP contribution in [0.25, 0.3) is 11.1 Å². The van der Waals surface area contributed by atoms with Crippen molar-refractivity contribution < 1.29 is 22.7 Å². The Labute approximate surface area is 177 Å². The average Bonchev–Trinajstić information content (AvgIpc) is 3.28. The third-order valence-corrected chi connectivity index (χ3v) is 5.30. The molecule has 0 aliphatic carbocycles. The second-order valence-corrected chi connectivity index (χ2v) is 7.37. The van der Waals surface area contributed by atoms with Gasteiger partial charge in [0.05, 0.1) is 12.3 Å². The Morgan fingerprint density at radius 3 is 2.48 bits per heavy atom. The van der Waals surface area contributed by atoms with Crippen molar-refractivity contribution in [3.05, 3.63) is 83.9 Å². The van der Waals surface area contributed by atoms with Gasteiger partial charge < -0.3 is 4.90 Å². The Morgan fingerprint density at radius 1 is 1.06 bits per heavy atom. The normalized spacial score (nSPS) is 16.5. The number of alkyl halides is 3. The van der Waals surface area contributed by atoms with Crippen molar-refractivity contribution in [3.8, 4) is 11.1 Å². The third-order valence-electron chi connectivity index (χ3n) is 5.30. The van der Waals surface area contributed by atoms with Crippen molar-refractivity contribution in [1.82, 2.24) is 14.9 Å². The minimum atomic E-state index is -4.68. The molecule has 0 saturated carbocycles. The minimum Gasteiger partial charge on any atom is -0.338 e. The lowest BCUT2D eigenvalue weighted by Gasteiger charge is -2.17. The molecule has 31 heavy (non-hydrogen) atoms. The van der Waals surface area contributed by atoms with Crippen molar-refractivity contribution in [2.45, 2.75) is 25.3 Å². The van der Waals surface area contributed by atoms with Crippen LogP contribution in [-0.2, 0) is 11.3 Å². The zero-order valence-corrected chi connectivity index (χ0v) is 16.5. The summed E-state index contributed by atoms with van der Waals surface area (Å²) >= 11 is 0. The standard InChI is InChI=1S/C23H20F3N3O2/c24-23(25,26)31-15-21-8-7-19(13-28-21)16-3-5-17(6-4-16)22(30)29-11-9-20(14-29)18-2-1-10-27-12-18/h1-8,10,12-13,20H,9,11,14-15H2. The second kappa shape index (κ2) is 8.85. The van der Waals surface area contributed by atoms with E-state index in [4.69, 9.17) is 0 Å². The van der Waals surface area contributed by atoms with Crippen LogP contribution in [0.4, 0.5) is 13.2 Å². The summed E-state index contributed by atoms with van der Waals surface area (Å²) in [7, 11) is 0. The van der Waals surface area contributed by atoms with E-state index in [-0.39, 0.29) is 11.6 Å². The average molecular weight is 427 g/mol. The lowest BCUT2D eigenvalue weighted by molar-refractivity contribution is -0.330. The van der Waals surface area contributed by atoms with Gasteiger partial charge in [-0.15, -0.1) is 13.2 Å². The summed E-state index contributed by atoms with van der Waals surface area (Å²) in [5.41, 5.74) is 3.49. The molecule has 5 nitrogen and oxygen atoms in total. The Hall–Kier alpha value is -3.26. The molecule has 0 spiro atoms. The molecule has 0 N–H and O–H groups in total. The number of ether oxygens (including phenoxy) is 1. The van der Waals surface area contributed by atoms with Gasteiger partial charge in [-0.05, 0) is 41.8 Å². The fraction of sp³-hybridized carbons (Fsp3) is 0.261. The van der Waals surface area contributed by atoms with Gasteiger partial charge in [0.25, 0.3) is 5.91 Å². The van der Waals surface area contributed by atoms with Crippen LogP contribution in [0.15, 0.2) is 67.1 Å². The maximum Gasteiger partial charge on any atom is 0.522 e. The van der Waals surface area contributed by atoms with Gasteiger partial charge in [0.2, 0.25) is 0 Å². The number of carbonyl (C=O) groups excluding carboxylic acids is 1. The number of amides is 1. The molecule has 160 valence electrons. The molecule has 3 aromatic rings. The van der Waals surface area contributed by atoms with Crippen molar-refractivity contribution in [2.75, 3.05) is 13.1 Å². The first-order valence-corrected chi connectivity index (χ1v) is 9.84. The largest absolute Gasteiger partial charge is 0.522 e. The van der Waals surface area contributed by atoms with E-state index in [2.05, 4.69) is 14.7 Å². The van der Waals surface area contributed by atoms with Crippen LogP contribution < -0.4 is 0 Å². The van der Waals surface area contributed by atoms with Crippen molar-refractivity contribution in [3.63, 3.8) is 0 Å². The maximum atomic E-state index is 12.9. The molecule has 1 aliphatic rings. The fourth-order valence-corrected chi connectivity index (χ4v) is 3.66. The molecule has 1 aromatic carbocycles. The highest BCUT2D eigenvalue weighted by Gasteiger charge is 2.29. The third kappa shape index (κ3) is 5.27. The molecule has 3 heterocycles. The summed E-state index contributed by atoms with van der Waals surface area (Å²) in [6, 6.07) is 14.3. The van der Waals surface area contributed by atoms with Crippen molar-refractivity contribution >= 4 is 5.91 Å². The summed E-state index contributed by atoms with van der Waals surface area (Å²) < 4.78 is 40.2. The lowest BCUT2D eigenvalue weighted by Crippen LogP contribution is -2.28. The number of rotatable bonds is 5. The summed E-state index contributed by atoms with van der Waals surface area (Å²) in [6.07, 6.45) is 1.30. The molecular weight excluding hydrogens is 407 g/mol.